The van der Waals surface area contributed by atoms with E-state index in [0.717, 1.165) is 5.56 Å². The second-order valence-electron chi connectivity index (χ2n) is 8.49. The van der Waals surface area contributed by atoms with Crippen LogP contribution < -0.4 is 5.48 Å². The first-order chi connectivity index (χ1) is 16.4. The van der Waals surface area contributed by atoms with Crippen molar-refractivity contribution in [2.45, 2.75) is 37.6 Å². The minimum Gasteiger partial charge on any atom is -0.394 e. The van der Waals surface area contributed by atoms with E-state index in [-0.39, 0.29) is 12.5 Å². The van der Waals surface area contributed by atoms with Crippen LogP contribution in [-0.2, 0) is 16.2 Å². The molecule has 2 aromatic carbocycles. The van der Waals surface area contributed by atoms with E-state index in [1.165, 1.54) is 11.8 Å². The molecule has 0 bridgehead atoms. The molecular formula is C26H27ClN2O5. The summed E-state index contributed by atoms with van der Waals surface area (Å²) in [5, 5.41) is 21.0. The van der Waals surface area contributed by atoms with Gasteiger partial charge in [-0.3, -0.25) is 14.4 Å². The van der Waals surface area contributed by atoms with Gasteiger partial charge in [-0.2, -0.15) is 0 Å². The molecule has 7 nitrogen and oxygen atoms in total. The van der Waals surface area contributed by atoms with Crippen molar-refractivity contribution in [2.75, 3.05) is 6.61 Å². The number of hydroxylamine groups is 1. The number of hydrogen-bond acceptors (Lipinski definition) is 5. The van der Waals surface area contributed by atoms with E-state index in [1.807, 2.05) is 36.4 Å². The Labute approximate surface area is 203 Å². The van der Waals surface area contributed by atoms with Gasteiger partial charge >= 0.3 is 0 Å². The number of amides is 2. The van der Waals surface area contributed by atoms with Gasteiger partial charge in [-0.25, -0.2) is 5.48 Å². The normalized spacial score (nSPS) is 23.3. The fraction of sp³-hybridized carbons (Fsp3) is 0.308. The first kappa shape index (κ1) is 24.2. The molecule has 2 amide bonds. The van der Waals surface area contributed by atoms with Crippen LogP contribution in [0.25, 0.3) is 0 Å². The first-order valence-corrected chi connectivity index (χ1v) is 11.5. The maximum Gasteiger partial charge on any atom is 0.254 e. The summed E-state index contributed by atoms with van der Waals surface area (Å²) in [5.74, 6) is -2.02. The largest absolute Gasteiger partial charge is 0.394 e. The summed E-state index contributed by atoms with van der Waals surface area (Å²) in [6, 6.07) is 14.7. The Balaban J connectivity index is 1.72. The number of rotatable bonds is 8. The molecule has 1 aliphatic carbocycles. The second kappa shape index (κ2) is 10.5. The van der Waals surface area contributed by atoms with E-state index in [0.29, 0.717) is 16.2 Å². The summed E-state index contributed by atoms with van der Waals surface area (Å²) in [6.45, 7) is 1.22. The Morgan fingerprint density at radius 3 is 2.53 bits per heavy atom. The fourth-order valence-corrected chi connectivity index (χ4v) is 4.89. The molecule has 2 aromatic rings. The molecule has 0 saturated heterocycles. The summed E-state index contributed by atoms with van der Waals surface area (Å²) in [5.41, 5.74) is 4.34. The average molecular weight is 483 g/mol. The van der Waals surface area contributed by atoms with Crippen molar-refractivity contribution in [3.05, 3.63) is 94.5 Å². The molecule has 0 radical (unpaired) electrons. The molecule has 5 atom stereocenters. The third-order valence-corrected chi connectivity index (χ3v) is 6.54. The molecule has 178 valence electrons. The SMILES string of the molecule is C[C@@H](O)[C@H](CO)N1C(=O)c2ccccc2C(C(=O)NOCc2ccccc2)C1C1C=CC(Cl)=C1. The van der Waals surface area contributed by atoms with Crippen LogP contribution in [0, 0.1) is 5.92 Å². The standard InChI is InChI=1S/C26H27ClN2O5/c1-16(31)22(14-30)29-24(18-11-12-19(27)13-18)23(20-9-5-6-10-21(20)26(29)33)25(32)28-34-15-17-7-3-2-4-8-17/h2-13,16,18,22-24,30-31H,14-15H2,1H3,(H,28,32)/t16-,18?,22+,23?,24?/m1/s1. The number of fused-ring (bicyclic) bond motifs is 1. The predicted octanol–water partition coefficient (Wildman–Crippen LogP) is 2.89. The summed E-state index contributed by atoms with van der Waals surface area (Å²) < 4.78 is 0. The Morgan fingerprint density at radius 1 is 1.18 bits per heavy atom. The van der Waals surface area contributed by atoms with E-state index in [9.17, 15) is 19.8 Å². The smallest absolute Gasteiger partial charge is 0.254 e. The van der Waals surface area contributed by atoms with Crippen LogP contribution >= 0.6 is 11.6 Å². The van der Waals surface area contributed by atoms with E-state index < -0.39 is 42.5 Å². The van der Waals surface area contributed by atoms with Crippen LogP contribution in [0.2, 0.25) is 0 Å². The van der Waals surface area contributed by atoms with Crippen LogP contribution in [0.15, 0.2) is 77.9 Å². The van der Waals surface area contributed by atoms with Crippen LogP contribution in [0.1, 0.15) is 34.3 Å². The number of halogens is 1. The van der Waals surface area contributed by atoms with Crippen molar-refractivity contribution in [3.8, 4) is 0 Å². The van der Waals surface area contributed by atoms with Crippen molar-refractivity contribution in [1.29, 1.82) is 0 Å². The predicted molar refractivity (Wildman–Crippen MR) is 128 cm³/mol. The zero-order chi connectivity index (χ0) is 24.2. The maximum absolute atomic E-state index is 13.6. The van der Waals surface area contributed by atoms with Gasteiger partial charge in [-0.05, 0) is 30.2 Å². The van der Waals surface area contributed by atoms with Gasteiger partial charge in [0.2, 0.25) is 0 Å². The number of aliphatic hydroxyl groups is 2. The number of nitrogens with one attached hydrogen (secondary N) is 1. The van der Waals surface area contributed by atoms with Gasteiger partial charge in [-0.1, -0.05) is 72.3 Å². The molecule has 0 aromatic heterocycles. The molecule has 8 heteroatoms. The van der Waals surface area contributed by atoms with Gasteiger partial charge in [-0.15, -0.1) is 0 Å². The summed E-state index contributed by atoms with van der Waals surface area (Å²) >= 11 is 6.21. The summed E-state index contributed by atoms with van der Waals surface area (Å²) in [7, 11) is 0. The third-order valence-electron chi connectivity index (χ3n) is 6.29. The molecule has 1 heterocycles. The van der Waals surface area contributed by atoms with Crippen LogP contribution in [0.4, 0.5) is 0 Å². The lowest BCUT2D eigenvalue weighted by Crippen LogP contribution is -2.61. The highest BCUT2D eigenvalue weighted by Crippen LogP contribution is 2.41. The van der Waals surface area contributed by atoms with Crippen LogP contribution in [0.5, 0.6) is 0 Å². The highest BCUT2D eigenvalue weighted by Gasteiger charge is 2.49. The topological polar surface area (TPSA) is 99.1 Å². The molecular weight excluding hydrogens is 456 g/mol. The molecule has 2 aliphatic rings. The van der Waals surface area contributed by atoms with E-state index in [1.54, 1.807) is 36.4 Å². The molecule has 0 spiro atoms. The molecule has 0 saturated carbocycles. The molecule has 4 rings (SSSR count). The Bertz CT molecular complexity index is 1100. The van der Waals surface area contributed by atoms with Crippen molar-refractivity contribution in [1.82, 2.24) is 10.4 Å². The van der Waals surface area contributed by atoms with Crippen molar-refractivity contribution < 1.29 is 24.6 Å². The molecule has 3 N–H and O–H groups in total. The summed E-state index contributed by atoms with van der Waals surface area (Å²) in [4.78, 5) is 34.1. The number of nitrogens with zero attached hydrogens (tertiary/aromatic N) is 1. The minimum absolute atomic E-state index is 0.177. The zero-order valence-corrected chi connectivity index (χ0v) is 19.4. The van der Waals surface area contributed by atoms with Gasteiger partial charge < -0.3 is 15.1 Å². The molecule has 1 aliphatic heterocycles. The minimum atomic E-state index is -1.02. The molecule has 3 unspecified atom stereocenters. The first-order valence-electron chi connectivity index (χ1n) is 11.1. The monoisotopic (exact) mass is 482 g/mol. The van der Waals surface area contributed by atoms with Crippen LogP contribution in [-0.4, -0.2) is 51.7 Å². The van der Waals surface area contributed by atoms with Crippen molar-refractivity contribution >= 4 is 23.4 Å². The van der Waals surface area contributed by atoms with Crippen molar-refractivity contribution in [2.24, 2.45) is 5.92 Å². The number of carbonyl (C=O) groups is 2. The fourth-order valence-electron chi connectivity index (χ4n) is 4.67. The Morgan fingerprint density at radius 2 is 1.88 bits per heavy atom. The number of aliphatic hydroxyl groups excluding tert-OH is 2. The second-order valence-corrected chi connectivity index (χ2v) is 8.92. The lowest BCUT2D eigenvalue weighted by Gasteiger charge is -2.47. The molecule has 34 heavy (non-hydrogen) atoms. The maximum atomic E-state index is 13.6. The Hall–Kier alpha value is -2.97. The number of allylic oxidation sites excluding steroid dienone is 2. The van der Waals surface area contributed by atoms with Crippen molar-refractivity contribution in [3.63, 3.8) is 0 Å². The molecule has 0 fully saturated rings. The number of carbonyl (C=O) groups excluding carboxylic acids is 2. The lowest BCUT2D eigenvalue weighted by molar-refractivity contribution is -0.138. The third kappa shape index (κ3) is 4.79. The van der Waals surface area contributed by atoms with Gasteiger partial charge in [0, 0.05) is 16.5 Å². The summed E-state index contributed by atoms with van der Waals surface area (Å²) in [6.07, 6.45) is 4.28. The van der Waals surface area contributed by atoms with Crippen LogP contribution in [0.3, 0.4) is 0 Å². The highest BCUT2D eigenvalue weighted by atomic mass is 35.5. The Kier molecular flexibility index (Phi) is 7.48. The number of benzene rings is 2. The highest BCUT2D eigenvalue weighted by molar-refractivity contribution is 6.31. The van der Waals surface area contributed by atoms with Gasteiger partial charge in [0.25, 0.3) is 11.8 Å². The lowest BCUT2D eigenvalue weighted by atomic mass is 9.76. The number of hydrogen-bond donors (Lipinski definition) is 3. The van der Waals surface area contributed by atoms with E-state index >= 15 is 0 Å². The van der Waals surface area contributed by atoms with Gasteiger partial charge in [0.1, 0.15) is 0 Å². The van der Waals surface area contributed by atoms with Gasteiger partial charge in [0.05, 0.1) is 37.3 Å². The zero-order valence-electron chi connectivity index (χ0n) is 18.7. The van der Waals surface area contributed by atoms with Gasteiger partial charge in [0.15, 0.2) is 0 Å². The quantitative estimate of drug-likeness (QED) is 0.502. The average Bonchev–Trinajstić information content (AvgIpc) is 3.27. The van der Waals surface area contributed by atoms with E-state index in [4.69, 9.17) is 16.4 Å². The van der Waals surface area contributed by atoms with E-state index in [2.05, 4.69) is 5.48 Å².